The standard InChI is InChI=1S/C32H46BN3O12/c1-31(2)32(3,4)48-33(47-31)25-7-5-24(6-8-25)28(46-30(38)45-27-11-9-26(10-12-27)36(39)40)23-35-29(37)13-15-41-17-19-43-21-22-44-20-18-42-16-14-34/h5-12,28H,13-23,34H2,1-4H3,(H,35,37). The minimum Gasteiger partial charge on any atom is -0.424 e. The van der Waals surface area contributed by atoms with Crippen LogP contribution in [0.15, 0.2) is 48.5 Å². The molecule has 1 fully saturated rings. The third-order valence-corrected chi connectivity index (χ3v) is 7.66. The van der Waals surface area contributed by atoms with Gasteiger partial charge >= 0.3 is 13.3 Å². The molecule has 0 bridgehead atoms. The van der Waals surface area contributed by atoms with Crippen molar-refractivity contribution in [3.8, 4) is 5.75 Å². The lowest BCUT2D eigenvalue weighted by atomic mass is 9.78. The van der Waals surface area contributed by atoms with Gasteiger partial charge in [-0.3, -0.25) is 14.9 Å². The van der Waals surface area contributed by atoms with E-state index in [2.05, 4.69) is 5.32 Å². The minimum absolute atomic E-state index is 0.0512. The zero-order valence-electron chi connectivity index (χ0n) is 28.0. The van der Waals surface area contributed by atoms with Crippen molar-refractivity contribution >= 4 is 30.3 Å². The van der Waals surface area contributed by atoms with E-state index in [1.165, 1.54) is 24.3 Å². The summed E-state index contributed by atoms with van der Waals surface area (Å²) in [5.74, 6) is -0.251. The molecule has 1 atom stereocenters. The lowest BCUT2D eigenvalue weighted by molar-refractivity contribution is -0.384. The van der Waals surface area contributed by atoms with Gasteiger partial charge in [-0.2, -0.15) is 0 Å². The van der Waals surface area contributed by atoms with E-state index < -0.39 is 35.5 Å². The second kappa shape index (κ2) is 19.4. The van der Waals surface area contributed by atoms with E-state index in [4.69, 9.17) is 43.5 Å². The van der Waals surface area contributed by atoms with Gasteiger partial charge in [-0.15, -0.1) is 0 Å². The normalized spacial score (nSPS) is 15.6. The molecule has 0 saturated carbocycles. The zero-order chi connectivity index (χ0) is 35.0. The van der Waals surface area contributed by atoms with Gasteiger partial charge < -0.3 is 48.8 Å². The Balaban J connectivity index is 1.48. The van der Waals surface area contributed by atoms with Crippen molar-refractivity contribution in [1.82, 2.24) is 5.32 Å². The maximum atomic E-state index is 12.7. The third-order valence-electron chi connectivity index (χ3n) is 7.66. The van der Waals surface area contributed by atoms with Gasteiger partial charge in [0.2, 0.25) is 5.91 Å². The summed E-state index contributed by atoms with van der Waals surface area (Å²) >= 11 is 0. The monoisotopic (exact) mass is 675 g/mol. The van der Waals surface area contributed by atoms with Gasteiger partial charge in [-0.25, -0.2) is 4.79 Å². The Hall–Kier alpha value is -3.64. The summed E-state index contributed by atoms with van der Waals surface area (Å²) in [7, 11) is -0.583. The second-order valence-corrected chi connectivity index (χ2v) is 11.8. The van der Waals surface area contributed by atoms with Crippen LogP contribution in [0.2, 0.25) is 0 Å². The highest BCUT2D eigenvalue weighted by Gasteiger charge is 2.51. The Morgan fingerprint density at radius 2 is 1.35 bits per heavy atom. The summed E-state index contributed by atoms with van der Waals surface area (Å²) in [4.78, 5) is 35.6. The molecule has 1 heterocycles. The Morgan fingerprint density at radius 1 is 0.833 bits per heavy atom. The van der Waals surface area contributed by atoms with Gasteiger partial charge in [-0.1, -0.05) is 24.3 Å². The zero-order valence-corrected chi connectivity index (χ0v) is 28.0. The molecule has 264 valence electrons. The van der Waals surface area contributed by atoms with Crippen LogP contribution in [0.25, 0.3) is 0 Å². The number of nitro groups is 1. The van der Waals surface area contributed by atoms with Crippen LogP contribution in [0.1, 0.15) is 45.8 Å². The predicted molar refractivity (Wildman–Crippen MR) is 175 cm³/mol. The van der Waals surface area contributed by atoms with Crippen molar-refractivity contribution in [2.75, 3.05) is 65.9 Å². The SMILES string of the molecule is CC1(C)OB(c2ccc(C(CNC(=O)CCOCCOCCOCCOCCN)OC(=O)Oc3ccc([N+](=O)[O-])cc3)cc2)OC1(C)C. The Kier molecular flexibility index (Phi) is 15.7. The highest BCUT2D eigenvalue weighted by atomic mass is 16.7. The highest BCUT2D eigenvalue weighted by Crippen LogP contribution is 2.36. The average Bonchev–Trinajstić information content (AvgIpc) is 3.27. The Bertz CT molecular complexity index is 1280. The van der Waals surface area contributed by atoms with Gasteiger partial charge in [0.05, 0.1) is 75.5 Å². The fourth-order valence-electron chi connectivity index (χ4n) is 4.25. The van der Waals surface area contributed by atoms with E-state index in [0.29, 0.717) is 58.4 Å². The van der Waals surface area contributed by atoms with Crippen LogP contribution in [0.5, 0.6) is 5.75 Å². The van der Waals surface area contributed by atoms with Crippen LogP contribution in [-0.2, 0) is 37.8 Å². The molecule has 0 radical (unpaired) electrons. The number of nitrogens with two attached hydrogens (primary N) is 1. The lowest BCUT2D eigenvalue weighted by Gasteiger charge is -2.32. The van der Waals surface area contributed by atoms with Crippen molar-refractivity contribution < 1.29 is 52.2 Å². The summed E-state index contributed by atoms with van der Waals surface area (Å²) in [6.07, 6.45) is -1.89. The molecule has 1 saturated heterocycles. The minimum atomic E-state index is -1.05. The van der Waals surface area contributed by atoms with Crippen LogP contribution in [0.4, 0.5) is 10.5 Å². The number of carbonyl (C=O) groups excluding carboxylic acids is 2. The maximum absolute atomic E-state index is 12.7. The molecule has 16 heteroatoms. The number of benzene rings is 2. The van der Waals surface area contributed by atoms with Gasteiger partial charge in [-0.05, 0) is 50.9 Å². The van der Waals surface area contributed by atoms with E-state index in [0.717, 1.165) is 5.46 Å². The first-order valence-electron chi connectivity index (χ1n) is 15.8. The summed E-state index contributed by atoms with van der Waals surface area (Å²) in [6.45, 7) is 11.4. The fraction of sp³-hybridized carbons (Fsp3) is 0.562. The van der Waals surface area contributed by atoms with Gasteiger partial charge in [0.25, 0.3) is 5.69 Å². The van der Waals surface area contributed by atoms with Crippen LogP contribution in [0, 0.1) is 10.1 Å². The quantitative estimate of drug-likeness (QED) is 0.0491. The molecule has 3 N–H and O–H groups in total. The number of nitrogens with one attached hydrogen (secondary N) is 1. The number of nitro benzene ring substituents is 1. The number of ether oxygens (including phenoxy) is 6. The Morgan fingerprint density at radius 3 is 1.88 bits per heavy atom. The molecule has 2 aromatic rings. The molecule has 48 heavy (non-hydrogen) atoms. The maximum Gasteiger partial charge on any atom is 0.514 e. The highest BCUT2D eigenvalue weighted by molar-refractivity contribution is 6.62. The van der Waals surface area contributed by atoms with Crippen LogP contribution in [0.3, 0.4) is 0 Å². The van der Waals surface area contributed by atoms with Crippen LogP contribution in [-0.4, -0.2) is 101 Å². The van der Waals surface area contributed by atoms with E-state index in [-0.39, 0.29) is 36.9 Å². The summed E-state index contributed by atoms with van der Waals surface area (Å²) in [5.41, 5.74) is 5.52. The number of hydrogen-bond acceptors (Lipinski definition) is 13. The molecule has 0 spiro atoms. The number of hydrogen-bond donors (Lipinski definition) is 2. The molecule has 1 unspecified atom stereocenters. The van der Waals surface area contributed by atoms with Gasteiger partial charge in [0, 0.05) is 25.1 Å². The van der Waals surface area contributed by atoms with Crippen molar-refractivity contribution in [3.05, 3.63) is 64.2 Å². The molecule has 1 amide bonds. The van der Waals surface area contributed by atoms with Crippen molar-refractivity contribution in [1.29, 1.82) is 0 Å². The second-order valence-electron chi connectivity index (χ2n) is 11.8. The molecule has 1 aliphatic heterocycles. The molecule has 1 aliphatic rings. The van der Waals surface area contributed by atoms with Gasteiger partial charge in [0.15, 0.2) is 0 Å². The average molecular weight is 676 g/mol. The van der Waals surface area contributed by atoms with E-state index in [9.17, 15) is 19.7 Å². The molecular formula is C32H46BN3O12. The first kappa shape index (κ1) is 38.8. The fourth-order valence-corrected chi connectivity index (χ4v) is 4.25. The van der Waals surface area contributed by atoms with Crippen molar-refractivity contribution in [2.45, 2.75) is 51.4 Å². The molecule has 0 aliphatic carbocycles. The smallest absolute Gasteiger partial charge is 0.424 e. The van der Waals surface area contributed by atoms with Gasteiger partial charge in [0.1, 0.15) is 11.9 Å². The van der Waals surface area contributed by atoms with E-state index in [1.807, 2.05) is 27.7 Å². The summed E-state index contributed by atoms with van der Waals surface area (Å²) < 4.78 is 44.6. The molecule has 2 aromatic carbocycles. The van der Waals surface area contributed by atoms with Crippen molar-refractivity contribution in [3.63, 3.8) is 0 Å². The van der Waals surface area contributed by atoms with Crippen molar-refractivity contribution in [2.24, 2.45) is 5.73 Å². The lowest BCUT2D eigenvalue weighted by Crippen LogP contribution is -2.41. The largest absolute Gasteiger partial charge is 0.514 e. The predicted octanol–water partition coefficient (Wildman–Crippen LogP) is 2.68. The van der Waals surface area contributed by atoms with Crippen LogP contribution >= 0.6 is 0 Å². The molecule has 15 nitrogen and oxygen atoms in total. The topological polar surface area (TPSA) is 189 Å². The third kappa shape index (κ3) is 12.8. The number of nitrogens with zero attached hydrogens (tertiary/aromatic N) is 1. The number of non-ortho nitro benzene ring substituents is 1. The van der Waals surface area contributed by atoms with E-state index in [1.54, 1.807) is 24.3 Å². The first-order valence-corrected chi connectivity index (χ1v) is 15.8. The number of rotatable bonds is 21. The summed E-state index contributed by atoms with van der Waals surface area (Å²) in [6, 6.07) is 12.1. The summed E-state index contributed by atoms with van der Waals surface area (Å²) in [5, 5.41) is 13.7. The Labute approximate surface area is 280 Å². The molecule has 3 rings (SSSR count). The van der Waals surface area contributed by atoms with E-state index >= 15 is 0 Å². The first-order chi connectivity index (χ1) is 22.9. The molecular weight excluding hydrogens is 629 g/mol. The number of amides is 1. The number of carbonyl (C=O) groups is 2. The van der Waals surface area contributed by atoms with Crippen LogP contribution < -0.4 is 21.3 Å². The molecule has 0 aromatic heterocycles.